The molecule has 0 radical (unpaired) electrons. The van der Waals surface area contributed by atoms with Gasteiger partial charge in [0.05, 0.1) is 12.2 Å². The lowest BCUT2D eigenvalue weighted by Gasteiger charge is -2.41. The largest absolute Gasteiger partial charge is 0.381 e. The number of nitrogens with zero attached hydrogens (tertiary/aromatic N) is 2. The van der Waals surface area contributed by atoms with Crippen molar-refractivity contribution in [2.24, 2.45) is 5.92 Å². The highest BCUT2D eigenvalue weighted by molar-refractivity contribution is 4.84. The quantitative estimate of drug-likeness (QED) is 0.709. The molecule has 1 aliphatic heterocycles. The van der Waals surface area contributed by atoms with E-state index in [1.165, 1.54) is 45.6 Å². The van der Waals surface area contributed by atoms with Crippen LogP contribution in [-0.2, 0) is 9.47 Å². The molecule has 0 bridgehead atoms. The summed E-state index contributed by atoms with van der Waals surface area (Å²) in [6.07, 6.45) is 3.42. The molecule has 18 heavy (non-hydrogen) atoms. The second-order valence-corrected chi connectivity index (χ2v) is 5.84. The van der Waals surface area contributed by atoms with E-state index in [2.05, 4.69) is 16.7 Å². The van der Waals surface area contributed by atoms with E-state index in [1.54, 1.807) is 7.11 Å². The maximum Gasteiger partial charge on any atom is 0.0670 e. The molecular weight excluding hydrogens is 228 g/mol. The number of piperazine rings is 1. The molecule has 0 N–H and O–H groups in total. The fourth-order valence-electron chi connectivity index (χ4n) is 2.97. The van der Waals surface area contributed by atoms with Crippen LogP contribution in [-0.4, -0.2) is 75.5 Å². The van der Waals surface area contributed by atoms with Gasteiger partial charge in [0, 0.05) is 53.5 Å². The van der Waals surface area contributed by atoms with Crippen molar-refractivity contribution >= 4 is 0 Å². The van der Waals surface area contributed by atoms with Crippen LogP contribution in [0.4, 0.5) is 0 Å². The zero-order valence-corrected chi connectivity index (χ0v) is 12.1. The average molecular weight is 256 g/mol. The minimum absolute atomic E-state index is 0.352. The van der Waals surface area contributed by atoms with Gasteiger partial charge < -0.3 is 14.4 Å². The van der Waals surface area contributed by atoms with Gasteiger partial charge in [0.15, 0.2) is 0 Å². The predicted octanol–water partition coefficient (Wildman–Crippen LogP) is 1.06. The number of hydrogen-bond donors (Lipinski definition) is 0. The van der Waals surface area contributed by atoms with E-state index < -0.39 is 0 Å². The Morgan fingerprint density at radius 3 is 2.22 bits per heavy atom. The van der Waals surface area contributed by atoms with Crippen LogP contribution >= 0.6 is 0 Å². The Morgan fingerprint density at radius 2 is 1.67 bits per heavy atom. The van der Waals surface area contributed by atoms with Gasteiger partial charge in [-0.3, -0.25) is 4.90 Å². The Kier molecular flexibility index (Phi) is 5.42. The van der Waals surface area contributed by atoms with Crippen LogP contribution in [0.2, 0.25) is 0 Å². The zero-order valence-electron chi connectivity index (χ0n) is 12.1. The standard InChI is InChI=1S/C14H28N2O2/c1-12(17-2)10-15-4-6-16(7-5-15)11-13-8-14(9-13)18-3/h12-14H,4-11H2,1-3H3. The van der Waals surface area contributed by atoms with E-state index in [4.69, 9.17) is 9.47 Å². The van der Waals surface area contributed by atoms with E-state index in [0.717, 1.165) is 12.5 Å². The predicted molar refractivity (Wildman–Crippen MR) is 72.9 cm³/mol. The average Bonchev–Trinajstić information content (AvgIpc) is 2.35. The number of ether oxygens (including phenoxy) is 2. The SMILES string of the molecule is COC(C)CN1CCN(CC2CC(OC)C2)CC1. The van der Waals surface area contributed by atoms with Crippen LogP contribution in [0.3, 0.4) is 0 Å². The van der Waals surface area contributed by atoms with Crippen molar-refractivity contribution in [3.8, 4) is 0 Å². The summed E-state index contributed by atoms with van der Waals surface area (Å²) < 4.78 is 10.7. The van der Waals surface area contributed by atoms with Gasteiger partial charge in [-0.2, -0.15) is 0 Å². The molecule has 0 aromatic carbocycles. The van der Waals surface area contributed by atoms with Crippen molar-refractivity contribution in [3.63, 3.8) is 0 Å². The number of hydrogen-bond acceptors (Lipinski definition) is 4. The Labute approximate surface area is 111 Å². The maximum absolute atomic E-state index is 5.34. The molecule has 0 spiro atoms. The van der Waals surface area contributed by atoms with Crippen LogP contribution in [0, 0.1) is 5.92 Å². The summed E-state index contributed by atoms with van der Waals surface area (Å²) in [5, 5.41) is 0. The van der Waals surface area contributed by atoms with Crippen molar-refractivity contribution in [1.29, 1.82) is 0 Å². The molecule has 2 aliphatic rings. The molecule has 1 heterocycles. The van der Waals surface area contributed by atoms with Crippen LogP contribution < -0.4 is 0 Å². The Hall–Kier alpha value is -0.160. The molecule has 4 nitrogen and oxygen atoms in total. The minimum Gasteiger partial charge on any atom is -0.381 e. The molecule has 106 valence electrons. The molecule has 4 heteroatoms. The van der Waals surface area contributed by atoms with Crippen molar-refractivity contribution < 1.29 is 9.47 Å². The van der Waals surface area contributed by atoms with Gasteiger partial charge in [0.25, 0.3) is 0 Å². The third-order valence-electron chi connectivity index (χ3n) is 4.42. The summed E-state index contributed by atoms with van der Waals surface area (Å²) in [6.45, 7) is 9.29. The highest BCUT2D eigenvalue weighted by atomic mass is 16.5. The molecule has 1 aliphatic carbocycles. The molecular formula is C14H28N2O2. The normalized spacial score (nSPS) is 32.2. The van der Waals surface area contributed by atoms with Crippen LogP contribution in [0.25, 0.3) is 0 Å². The first-order valence-electron chi connectivity index (χ1n) is 7.21. The van der Waals surface area contributed by atoms with E-state index in [9.17, 15) is 0 Å². The van der Waals surface area contributed by atoms with Crippen LogP contribution in [0.1, 0.15) is 19.8 Å². The lowest BCUT2D eigenvalue weighted by atomic mass is 9.82. The fourth-order valence-corrected chi connectivity index (χ4v) is 2.97. The summed E-state index contributed by atoms with van der Waals surface area (Å²) >= 11 is 0. The van der Waals surface area contributed by atoms with Crippen LogP contribution in [0.15, 0.2) is 0 Å². The molecule has 2 rings (SSSR count). The summed E-state index contributed by atoms with van der Waals surface area (Å²) in [5.74, 6) is 0.874. The Balaban J connectivity index is 1.59. The van der Waals surface area contributed by atoms with Crippen molar-refractivity contribution in [2.45, 2.75) is 32.0 Å². The van der Waals surface area contributed by atoms with E-state index >= 15 is 0 Å². The third-order valence-corrected chi connectivity index (χ3v) is 4.42. The lowest BCUT2D eigenvalue weighted by molar-refractivity contribution is -0.0182. The monoisotopic (exact) mass is 256 g/mol. The molecule has 0 amide bonds. The highest BCUT2D eigenvalue weighted by Crippen LogP contribution is 2.30. The van der Waals surface area contributed by atoms with Crippen molar-refractivity contribution in [1.82, 2.24) is 9.80 Å². The van der Waals surface area contributed by atoms with Gasteiger partial charge >= 0.3 is 0 Å². The first-order chi connectivity index (χ1) is 8.71. The Bertz CT molecular complexity index is 236. The third kappa shape index (κ3) is 3.92. The summed E-state index contributed by atoms with van der Waals surface area (Å²) in [5.41, 5.74) is 0. The second kappa shape index (κ2) is 6.85. The maximum atomic E-state index is 5.34. The summed E-state index contributed by atoms with van der Waals surface area (Å²) in [6, 6.07) is 0. The molecule has 0 aromatic rings. The highest BCUT2D eigenvalue weighted by Gasteiger charge is 2.31. The van der Waals surface area contributed by atoms with Gasteiger partial charge in [-0.25, -0.2) is 0 Å². The lowest BCUT2D eigenvalue weighted by Crippen LogP contribution is -2.50. The fraction of sp³-hybridized carbons (Fsp3) is 1.00. The van der Waals surface area contributed by atoms with Gasteiger partial charge in [-0.15, -0.1) is 0 Å². The molecule has 1 saturated heterocycles. The number of rotatable bonds is 6. The topological polar surface area (TPSA) is 24.9 Å². The van der Waals surface area contributed by atoms with E-state index in [-0.39, 0.29) is 0 Å². The second-order valence-electron chi connectivity index (χ2n) is 5.84. The van der Waals surface area contributed by atoms with Crippen molar-refractivity contribution in [3.05, 3.63) is 0 Å². The minimum atomic E-state index is 0.352. The van der Waals surface area contributed by atoms with Crippen LogP contribution in [0.5, 0.6) is 0 Å². The van der Waals surface area contributed by atoms with E-state index in [1.807, 2.05) is 7.11 Å². The smallest absolute Gasteiger partial charge is 0.0670 e. The van der Waals surface area contributed by atoms with Gasteiger partial charge in [-0.05, 0) is 25.7 Å². The molecule has 1 unspecified atom stereocenters. The Morgan fingerprint density at radius 1 is 1.06 bits per heavy atom. The summed E-state index contributed by atoms with van der Waals surface area (Å²) in [4.78, 5) is 5.13. The number of methoxy groups -OCH3 is 2. The zero-order chi connectivity index (χ0) is 13.0. The summed E-state index contributed by atoms with van der Waals surface area (Å²) in [7, 11) is 3.63. The first kappa shape index (κ1) is 14.3. The molecule has 1 saturated carbocycles. The van der Waals surface area contributed by atoms with Gasteiger partial charge in [0.1, 0.15) is 0 Å². The molecule has 2 fully saturated rings. The first-order valence-corrected chi connectivity index (χ1v) is 7.21. The van der Waals surface area contributed by atoms with E-state index in [0.29, 0.717) is 12.2 Å². The van der Waals surface area contributed by atoms with Gasteiger partial charge in [0.2, 0.25) is 0 Å². The van der Waals surface area contributed by atoms with Gasteiger partial charge in [-0.1, -0.05) is 0 Å². The van der Waals surface area contributed by atoms with Crippen molar-refractivity contribution in [2.75, 3.05) is 53.5 Å². The molecule has 0 aromatic heterocycles. The molecule has 1 atom stereocenters.